The van der Waals surface area contributed by atoms with Crippen LogP contribution in [0, 0.1) is 12.8 Å². The van der Waals surface area contributed by atoms with Crippen molar-refractivity contribution in [3.8, 4) is 0 Å². The van der Waals surface area contributed by atoms with Crippen LogP contribution in [-0.2, 0) is 4.79 Å². The summed E-state index contributed by atoms with van der Waals surface area (Å²) in [6.07, 6.45) is 3.89. The highest BCUT2D eigenvalue weighted by Gasteiger charge is 2.31. The van der Waals surface area contributed by atoms with Crippen molar-refractivity contribution in [1.29, 1.82) is 0 Å². The van der Waals surface area contributed by atoms with E-state index >= 15 is 0 Å². The first-order chi connectivity index (χ1) is 12.5. The zero-order valence-corrected chi connectivity index (χ0v) is 15.8. The minimum absolute atomic E-state index is 0.115. The standard InChI is InChI=1S/C20H19Cl2NO3/c1-12-10-15(21)19(20(25)26-12)16(22)11-17(14-8-5-9-18(14)24)23-13-6-3-2-4-7-13/h2-4,6-7,10-11,14,17,23H,5,8-9H2,1H3/b16-11-/t14-,17+/m0/s1. The molecule has 1 saturated carbocycles. The molecular formula is C20H19Cl2NO3. The van der Waals surface area contributed by atoms with Crippen molar-refractivity contribution in [3.63, 3.8) is 0 Å². The zero-order valence-electron chi connectivity index (χ0n) is 14.3. The number of hydrogen-bond acceptors (Lipinski definition) is 4. The van der Waals surface area contributed by atoms with Gasteiger partial charge in [0, 0.05) is 18.0 Å². The number of benzene rings is 1. The molecule has 1 fully saturated rings. The average Bonchev–Trinajstić information content (AvgIpc) is 3.00. The molecule has 1 heterocycles. The van der Waals surface area contributed by atoms with Crippen molar-refractivity contribution in [2.24, 2.45) is 5.92 Å². The zero-order chi connectivity index (χ0) is 18.7. The Labute approximate surface area is 161 Å². The van der Waals surface area contributed by atoms with Crippen LogP contribution in [0.25, 0.3) is 5.03 Å². The number of aryl methyl sites for hydroxylation is 1. The molecule has 4 nitrogen and oxygen atoms in total. The summed E-state index contributed by atoms with van der Waals surface area (Å²) in [6, 6.07) is 10.8. The van der Waals surface area contributed by atoms with Crippen LogP contribution in [0.3, 0.4) is 0 Å². The van der Waals surface area contributed by atoms with Gasteiger partial charge in [0.05, 0.1) is 21.7 Å². The highest BCUT2D eigenvalue weighted by molar-refractivity contribution is 6.50. The van der Waals surface area contributed by atoms with E-state index < -0.39 is 5.63 Å². The minimum Gasteiger partial charge on any atom is -0.428 e. The number of anilines is 1. The summed E-state index contributed by atoms with van der Waals surface area (Å²) in [5.41, 5.74) is 0.400. The molecule has 1 N–H and O–H groups in total. The molecule has 1 aliphatic carbocycles. The third-order valence-corrected chi connectivity index (χ3v) is 5.10. The lowest BCUT2D eigenvalue weighted by atomic mass is 9.95. The summed E-state index contributed by atoms with van der Waals surface area (Å²) in [6.45, 7) is 1.64. The number of carbonyl (C=O) groups excluding carboxylic acids is 1. The molecule has 0 saturated heterocycles. The van der Waals surface area contributed by atoms with Gasteiger partial charge in [-0.25, -0.2) is 4.79 Å². The van der Waals surface area contributed by atoms with Crippen molar-refractivity contribution in [2.45, 2.75) is 32.2 Å². The number of para-hydroxylation sites is 1. The molecule has 1 aliphatic rings. The average molecular weight is 392 g/mol. The second-order valence-electron chi connectivity index (χ2n) is 6.38. The van der Waals surface area contributed by atoms with Crippen LogP contribution in [0.1, 0.15) is 30.6 Å². The maximum atomic E-state index is 12.3. The molecule has 2 atom stereocenters. The van der Waals surface area contributed by atoms with Crippen LogP contribution < -0.4 is 10.9 Å². The largest absolute Gasteiger partial charge is 0.428 e. The molecule has 0 bridgehead atoms. The number of carbonyl (C=O) groups is 1. The Balaban J connectivity index is 1.97. The molecule has 0 aliphatic heterocycles. The molecule has 2 aromatic rings. The third kappa shape index (κ3) is 4.19. The van der Waals surface area contributed by atoms with Gasteiger partial charge in [-0.15, -0.1) is 0 Å². The van der Waals surface area contributed by atoms with Gasteiger partial charge in [0.1, 0.15) is 11.5 Å². The van der Waals surface area contributed by atoms with Crippen molar-refractivity contribution < 1.29 is 9.21 Å². The summed E-state index contributed by atoms with van der Waals surface area (Å²) in [4.78, 5) is 24.4. The first kappa shape index (κ1) is 18.7. The lowest BCUT2D eigenvalue weighted by Crippen LogP contribution is -2.30. The van der Waals surface area contributed by atoms with Gasteiger partial charge in [-0.3, -0.25) is 4.79 Å². The molecule has 0 spiro atoms. The maximum absolute atomic E-state index is 12.3. The number of rotatable bonds is 5. The monoisotopic (exact) mass is 391 g/mol. The van der Waals surface area contributed by atoms with Crippen LogP contribution in [0.4, 0.5) is 5.69 Å². The van der Waals surface area contributed by atoms with E-state index in [4.69, 9.17) is 27.6 Å². The summed E-state index contributed by atoms with van der Waals surface area (Å²) in [7, 11) is 0. The van der Waals surface area contributed by atoms with Gasteiger partial charge < -0.3 is 9.73 Å². The molecule has 0 unspecified atom stereocenters. The number of halogens is 2. The molecular weight excluding hydrogens is 373 g/mol. The molecule has 1 aromatic carbocycles. The van der Waals surface area contributed by atoms with Gasteiger partial charge in [0.2, 0.25) is 0 Å². The van der Waals surface area contributed by atoms with Gasteiger partial charge in [-0.2, -0.15) is 0 Å². The highest BCUT2D eigenvalue weighted by atomic mass is 35.5. The number of hydrogen-bond donors (Lipinski definition) is 1. The first-order valence-electron chi connectivity index (χ1n) is 8.48. The van der Waals surface area contributed by atoms with Gasteiger partial charge in [0.15, 0.2) is 0 Å². The Morgan fingerprint density at radius 3 is 2.65 bits per heavy atom. The number of Topliss-reactive ketones (excluding diaryl/α,β-unsaturated/α-hetero) is 1. The van der Waals surface area contributed by atoms with Crippen LogP contribution in [0.2, 0.25) is 5.02 Å². The lowest BCUT2D eigenvalue weighted by molar-refractivity contribution is -0.120. The summed E-state index contributed by atoms with van der Waals surface area (Å²) < 4.78 is 5.10. The summed E-state index contributed by atoms with van der Waals surface area (Å²) >= 11 is 12.6. The lowest BCUT2D eigenvalue weighted by Gasteiger charge is -2.22. The first-order valence-corrected chi connectivity index (χ1v) is 9.23. The Morgan fingerprint density at radius 2 is 2.04 bits per heavy atom. The van der Waals surface area contributed by atoms with Crippen molar-refractivity contribution in [3.05, 3.63) is 69.2 Å². The Hall–Kier alpha value is -2.04. The van der Waals surface area contributed by atoms with Crippen molar-refractivity contribution in [2.75, 3.05) is 5.32 Å². The molecule has 6 heteroatoms. The predicted octanol–water partition coefficient (Wildman–Crippen LogP) is 5.03. The molecule has 1 aromatic heterocycles. The molecule has 136 valence electrons. The molecule has 0 amide bonds. The smallest absolute Gasteiger partial charge is 0.346 e. The van der Waals surface area contributed by atoms with Gasteiger partial charge in [-0.1, -0.05) is 41.4 Å². The third-order valence-electron chi connectivity index (χ3n) is 4.48. The minimum atomic E-state index is -0.590. The quantitative estimate of drug-likeness (QED) is 0.775. The van der Waals surface area contributed by atoms with E-state index in [2.05, 4.69) is 5.32 Å². The van der Waals surface area contributed by atoms with Crippen LogP contribution in [0.5, 0.6) is 0 Å². The second-order valence-corrected chi connectivity index (χ2v) is 7.20. The van der Waals surface area contributed by atoms with E-state index in [1.54, 1.807) is 19.1 Å². The topological polar surface area (TPSA) is 59.3 Å². The summed E-state index contributed by atoms with van der Waals surface area (Å²) in [5.74, 6) is 0.416. The SMILES string of the molecule is Cc1cc(Cl)c(/C(Cl)=C/[C@@H](Nc2ccccc2)[C@@H]2CCCC2=O)c(=O)o1. The van der Waals surface area contributed by atoms with Gasteiger partial charge in [0.25, 0.3) is 0 Å². The molecule has 0 radical (unpaired) electrons. The van der Waals surface area contributed by atoms with E-state index in [9.17, 15) is 9.59 Å². The fourth-order valence-electron chi connectivity index (χ4n) is 3.24. The van der Waals surface area contributed by atoms with Crippen LogP contribution in [-0.4, -0.2) is 11.8 Å². The van der Waals surface area contributed by atoms with E-state index in [-0.39, 0.29) is 33.4 Å². The van der Waals surface area contributed by atoms with Crippen LogP contribution >= 0.6 is 23.2 Å². The van der Waals surface area contributed by atoms with Gasteiger partial charge >= 0.3 is 5.63 Å². The fraction of sp³-hybridized carbons (Fsp3) is 0.300. The number of nitrogens with one attached hydrogen (secondary N) is 1. The predicted molar refractivity (Wildman–Crippen MR) is 105 cm³/mol. The van der Waals surface area contributed by atoms with Crippen LogP contribution in [0.15, 0.2) is 51.7 Å². The Morgan fingerprint density at radius 1 is 1.31 bits per heavy atom. The molecule has 26 heavy (non-hydrogen) atoms. The number of ketones is 1. The van der Waals surface area contributed by atoms with Crippen molar-refractivity contribution >= 4 is 39.7 Å². The van der Waals surface area contributed by atoms with E-state index in [1.807, 2.05) is 30.3 Å². The summed E-state index contributed by atoms with van der Waals surface area (Å²) in [5, 5.41) is 3.76. The van der Waals surface area contributed by atoms with E-state index in [1.165, 1.54) is 0 Å². The highest BCUT2D eigenvalue weighted by Crippen LogP contribution is 2.31. The van der Waals surface area contributed by atoms with E-state index in [0.29, 0.717) is 12.2 Å². The van der Waals surface area contributed by atoms with E-state index in [0.717, 1.165) is 18.5 Å². The Kier molecular flexibility index (Phi) is 5.84. The Bertz CT molecular complexity index is 890. The maximum Gasteiger partial charge on any atom is 0.346 e. The second kappa shape index (κ2) is 8.11. The molecule has 3 rings (SSSR count). The normalized spacial score (nSPS) is 18.8. The van der Waals surface area contributed by atoms with Crippen molar-refractivity contribution in [1.82, 2.24) is 0 Å². The van der Waals surface area contributed by atoms with Gasteiger partial charge in [-0.05, 0) is 44.0 Å². The fourth-order valence-corrected chi connectivity index (χ4v) is 3.93.